The average Bonchev–Trinajstić information content (AvgIpc) is 2.86. The fourth-order valence-electron chi connectivity index (χ4n) is 3.28. The van der Waals surface area contributed by atoms with Gasteiger partial charge in [0.25, 0.3) is 0 Å². The van der Waals surface area contributed by atoms with Crippen molar-refractivity contribution in [2.75, 3.05) is 13.1 Å². The minimum atomic E-state index is 0.397. The highest BCUT2D eigenvalue weighted by atomic mass is 15.3. The Balaban J connectivity index is 2.12. The molecule has 0 amide bonds. The van der Waals surface area contributed by atoms with Crippen LogP contribution in [0, 0.1) is 5.41 Å². The zero-order chi connectivity index (χ0) is 13.7. The summed E-state index contributed by atoms with van der Waals surface area (Å²) in [5, 5.41) is 7.94. The second-order valence-corrected chi connectivity index (χ2v) is 6.23. The van der Waals surface area contributed by atoms with Crippen molar-refractivity contribution in [1.29, 1.82) is 0 Å². The van der Waals surface area contributed by atoms with Crippen molar-refractivity contribution >= 4 is 0 Å². The first-order chi connectivity index (χ1) is 9.17. The van der Waals surface area contributed by atoms with Crippen molar-refractivity contribution < 1.29 is 0 Å². The smallest absolute Gasteiger partial charge is 0.138 e. The first kappa shape index (κ1) is 14.5. The van der Waals surface area contributed by atoms with Crippen molar-refractivity contribution in [1.82, 2.24) is 20.1 Å². The molecular formula is C15H28N4. The molecule has 19 heavy (non-hydrogen) atoms. The van der Waals surface area contributed by atoms with Crippen molar-refractivity contribution in [2.24, 2.45) is 5.41 Å². The average molecular weight is 264 g/mol. The van der Waals surface area contributed by atoms with E-state index in [2.05, 4.69) is 40.9 Å². The highest BCUT2D eigenvalue weighted by molar-refractivity contribution is 4.97. The van der Waals surface area contributed by atoms with E-state index in [1.807, 2.05) is 0 Å². The number of nitrogens with zero attached hydrogens (tertiary/aromatic N) is 3. The molecule has 0 saturated heterocycles. The second-order valence-electron chi connectivity index (χ2n) is 6.23. The summed E-state index contributed by atoms with van der Waals surface area (Å²) in [6, 6.07) is 0.400. The predicted molar refractivity (Wildman–Crippen MR) is 78.2 cm³/mol. The van der Waals surface area contributed by atoms with Crippen LogP contribution in [0.15, 0.2) is 6.33 Å². The van der Waals surface area contributed by atoms with Gasteiger partial charge in [-0.05, 0) is 38.6 Å². The molecule has 4 heteroatoms. The van der Waals surface area contributed by atoms with E-state index in [0.29, 0.717) is 11.5 Å². The van der Waals surface area contributed by atoms with Crippen LogP contribution in [0.3, 0.4) is 0 Å². The van der Waals surface area contributed by atoms with Gasteiger partial charge in [0, 0.05) is 19.0 Å². The van der Waals surface area contributed by atoms with Crippen molar-refractivity contribution in [3.63, 3.8) is 0 Å². The lowest BCUT2D eigenvalue weighted by Gasteiger charge is -2.37. The summed E-state index contributed by atoms with van der Waals surface area (Å²) in [5.74, 6) is 1.16. The van der Waals surface area contributed by atoms with Crippen LogP contribution in [0.4, 0.5) is 0 Å². The molecule has 4 nitrogen and oxygen atoms in total. The van der Waals surface area contributed by atoms with Crippen LogP contribution >= 0.6 is 0 Å². The Labute approximate surface area is 117 Å². The van der Waals surface area contributed by atoms with Gasteiger partial charge in [0.1, 0.15) is 12.2 Å². The zero-order valence-electron chi connectivity index (χ0n) is 12.7. The molecule has 1 N–H and O–H groups in total. The third kappa shape index (κ3) is 3.56. The van der Waals surface area contributed by atoms with Crippen LogP contribution in [0.2, 0.25) is 0 Å². The topological polar surface area (TPSA) is 42.7 Å². The predicted octanol–water partition coefficient (Wildman–Crippen LogP) is 2.96. The molecule has 1 aliphatic rings. The van der Waals surface area contributed by atoms with Crippen LogP contribution in [-0.2, 0) is 6.42 Å². The van der Waals surface area contributed by atoms with E-state index in [0.717, 1.165) is 25.3 Å². The van der Waals surface area contributed by atoms with Crippen LogP contribution in [-0.4, -0.2) is 27.9 Å². The van der Waals surface area contributed by atoms with E-state index in [1.165, 1.54) is 32.1 Å². The molecule has 0 bridgehead atoms. The van der Waals surface area contributed by atoms with E-state index in [9.17, 15) is 0 Å². The van der Waals surface area contributed by atoms with Gasteiger partial charge >= 0.3 is 0 Å². The Morgan fingerprint density at radius 2 is 2.05 bits per heavy atom. The Morgan fingerprint density at radius 1 is 1.32 bits per heavy atom. The standard InChI is InChI=1S/C15H28N4/c1-4-16-11-15(8-6-5-7-9-15)10-14-17-12-18-19(14)13(2)3/h12-13,16H,4-11H2,1-3H3. The number of hydrogen-bond donors (Lipinski definition) is 1. The maximum absolute atomic E-state index is 4.51. The molecular weight excluding hydrogens is 236 g/mol. The summed E-state index contributed by atoms with van der Waals surface area (Å²) in [6.45, 7) is 8.71. The summed E-state index contributed by atoms with van der Waals surface area (Å²) in [4.78, 5) is 4.51. The van der Waals surface area contributed by atoms with E-state index in [4.69, 9.17) is 0 Å². The Kier molecular flexibility index (Phi) is 4.97. The molecule has 0 radical (unpaired) electrons. The summed E-state index contributed by atoms with van der Waals surface area (Å²) < 4.78 is 2.09. The summed E-state index contributed by atoms with van der Waals surface area (Å²) in [6.07, 6.45) is 9.54. The van der Waals surface area contributed by atoms with Crippen molar-refractivity contribution in [3.8, 4) is 0 Å². The van der Waals surface area contributed by atoms with Crippen molar-refractivity contribution in [2.45, 2.75) is 65.3 Å². The first-order valence-electron chi connectivity index (χ1n) is 7.76. The van der Waals surface area contributed by atoms with Gasteiger partial charge in [-0.25, -0.2) is 9.67 Å². The summed E-state index contributed by atoms with van der Waals surface area (Å²) in [5.41, 5.74) is 0.397. The van der Waals surface area contributed by atoms with Gasteiger partial charge in [-0.15, -0.1) is 0 Å². The van der Waals surface area contributed by atoms with Gasteiger partial charge in [-0.3, -0.25) is 0 Å². The highest BCUT2D eigenvalue weighted by Gasteiger charge is 2.33. The van der Waals surface area contributed by atoms with E-state index < -0.39 is 0 Å². The molecule has 1 aromatic rings. The number of aromatic nitrogens is 3. The van der Waals surface area contributed by atoms with Crippen LogP contribution in [0.1, 0.15) is 64.7 Å². The molecule has 0 aromatic carbocycles. The van der Waals surface area contributed by atoms with Crippen molar-refractivity contribution in [3.05, 3.63) is 12.2 Å². The maximum Gasteiger partial charge on any atom is 0.138 e. The molecule has 1 aliphatic carbocycles. The minimum Gasteiger partial charge on any atom is -0.316 e. The molecule has 0 spiro atoms. The number of nitrogens with one attached hydrogen (secondary N) is 1. The number of hydrogen-bond acceptors (Lipinski definition) is 3. The van der Waals surface area contributed by atoms with E-state index >= 15 is 0 Å². The largest absolute Gasteiger partial charge is 0.316 e. The lowest BCUT2D eigenvalue weighted by Crippen LogP contribution is -2.38. The third-order valence-electron chi connectivity index (χ3n) is 4.33. The fraction of sp³-hybridized carbons (Fsp3) is 0.867. The molecule has 0 atom stereocenters. The second kappa shape index (κ2) is 6.51. The molecule has 0 unspecified atom stereocenters. The van der Waals surface area contributed by atoms with Gasteiger partial charge in [-0.1, -0.05) is 26.2 Å². The zero-order valence-corrected chi connectivity index (χ0v) is 12.7. The van der Waals surface area contributed by atoms with Crippen LogP contribution in [0.25, 0.3) is 0 Å². The quantitative estimate of drug-likeness (QED) is 0.859. The normalized spacial score (nSPS) is 18.9. The van der Waals surface area contributed by atoms with Gasteiger partial charge in [0.15, 0.2) is 0 Å². The lowest BCUT2D eigenvalue weighted by molar-refractivity contribution is 0.175. The van der Waals surface area contributed by atoms with E-state index in [-0.39, 0.29) is 0 Å². The third-order valence-corrected chi connectivity index (χ3v) is 4.33. The molecule has 108 valence electrons. The number of rotatable bonds is 6. The van der Waals surface area contributed by atoms with Gasteiger partial charge < -0.3 is 5.32 Å². The molecule has 1 aromatic heterocycles. The van der Waals surface area contributed by atoms with Gasteiger partial charge in [0.2, 0.25) is 0 Å². The molecule has 1 fully saturated rings. The Morgan fingerprint density at radius 3 is 2.68 bits per heavy atom. The molecule has 1 saturated carbocycles. The lowest BCUT2D eigenvalue weighted by atomic mass is 9.71. The fourth-order valence-corrected chi connectivity index (χ4v) is 3.28. The van der Waals surface area contributed by atoms with E-state index in [1.54, 1.807) is 6.33 Å². The first-order valence-corrected chi connectivity index (χ1v) is 7.76. The molecule has 0 aliphatic heterocycles. The Hall–Kier alpha value is -0.900. The monoisotopic (exact) mass is 264 g/mol. The molecule has 2 rings (SSSR count). The minimum absolute atomic E-state index is 0.397. The summed E-state index contributed by atoms with van der Waals surface area (Å²) in [7, 11) is 0. The van der Waals surface area contributed by atoms with Crippen LogP contribution in [0.5, 0.6) is 0 Å². The summed E-state index contributed by atoms with van der Waals surface area (Å²) >= 11 is 0. The van der Waals surface area contributed by atoms with Crippen LogP contribution < -0.4 is 5.32 Å². The molecule has 1 heterocycles. The van der Waals surface area contributed by atoms with Gasteiger partial charge in [0.05, 0.1) is 0 Å². The highest BCUT2D eigenvalue weighted by Crippen LogP contribution is 2.38. The SMILES string of the molecule is CCNCC1(Cc2ncnn2C(C)C)CCCCC1. The maximum atomic E-state index is 4.51. The van der Waals surface area contributed by atoms with Gasteiger partial charge in [-0.2, -0.15) is 5.10 Å². The Bertz CT molecular complexity index is 377.